The zero-order chi connectivity index (χ0) is 20.1. The van der Waals surface area contributed by atoms with Crippen LogP contribution in [0.3, 0.4) is 0 Å². The van der Waals surface area contributed by atoms with Crippen LogP contribution in [0, 0.1) is 6.92 Å². The van der Waals surface area contributed by atoms with Crippen LogP contribution in [0.2, 0.25) is 0 Å². The van der Waals surface area contributed by atoms with Crippen molar-refractivity contribution in [1.82, 2.24) is 19.4 Å². The molecule has 3 rings (SSSR count). The molecule has 0 aliphatic carbocycles. The van der Waals surface area contributed by atoms with Gasteiger partial charge in [-0.3, -0.25) is 9.88 Å². The molecule has 0 spiro atoms. The summed E-state index contributed by atoms with van der Waals surface area (Å²) in [6.45, 7) is 6.58. The van der Waals surface area contributed by atoms with Gasteiger partial charge in [0.1, 0.15) is 0 Å². The summed E-state index contributed by atoms with van der Waals surface area (Å²) in [6, 6.07) is 2.02. The van der Waals surface area contributed by atoms with Gasteiger partial charge in [-0.25, -0.2) is 13.4 Å². The average Bonchev–Trinajstić information content (AvgIpc) is 3.28. The molecule has 1 atom stereocenters. The van der Waals surface area contributed by atoms with E-state index in [1.165, 1.54) is 5.56 Å². The lowest BCUT2D eigenvalue weighted by molar-refractivity contribution is 0.0934. The molecule has 28 heavy (non-hydrogen) atoms. The first-order valence-corrected chi connectivity index (χ1v) is 11.5. The number of nitrogens with zero attached hydrogens (tertiary/aromatic N) is 4. The minimum Gasteiger partial charge on any atom is -0.376 e. The van der Waals surface area contributed by atoms with Gasteiger partial charge in [0, 0.05) is 32.1 Å². The third-order valence-corrected chi connectivity index (χ3v) is 6.90. The molecule has 154 valence electrons. The summed E-state index contributed by atoms with van der Waals surface area (Å²) in [5, 5.41) is 0.174. The maximum Gasteiger partial charge on any atom is 0.227 e. The number of hydrogen-bond donors (Lipinski definition) is 0. The lowest BCUT2D eigenvalue weighted by Gasteiger charge is -2.21. The number of hydrogen-bond acceptors (Lipinski definition) is 6. The van der Waals surface area contributed by atoms with Crippen LogP contribution in [-0.4, -0.2) is 53.4 Å². The SMILES string of the molecule is CCCS(=O)(=O)c1ncc(CN(C)Cc2ccncc2C)n1CC1CCCO1. The molecule has 1 fully saturated rings. The fourth-order valence-corrected chi connectivity index (χ4v) is 5.08. The second kappa shape index (κ2) is 9.15. The smallest absolute Gasteiger partial charge is 0.227 e. The highest BCUT2D eigenvalue weighted by atomic mass is 32.2. The molecular formula is C20H30N4O3S. The summed E-state index contributed by atoms with van der Waals surface area (Å²) < 4.78 is 33.1. The molecule has 0 bridgehead atoms. The van der Waals surface area contributed by atoms with E-state index in [0.29, 0.717) is 19.5 Å². The van der Waals surface area contributed by atoms with Crippen molar-refractivity contribution in [3.05, 3.63) is 41.5 Å². The molecule has 0 aromatic carbocycles. The molecule has 2 aromatic heterocycles. The topological polar surface area (TPSA) is 77.3 Å². The Bertz CT molecular complexity index is 889. The van der Waals surface area contributed by atoms with E-state index in [0.717, 1.165) is 37.3 Å². The number of imidazole rings is 1. The van der Waals surface area contributed by atoms with Crippen LogP contribution in [0.25, 0.3) is 0 Å². The Labute approximate surface area is 167 Å². The second-order valence-corrected chi connectivity index (χ2v) is 9.57. The molecule has 0 amide bonds. The molecule has 2 aromatic rings. The summed E-state index contributed by atoms with van der Waals surface area (Å²) in [4.78, 5) is 10.6. The van der Waals surface area contributed by atoms with Crippen LogP contribution >= 0.6 is 0 Å². The van der Waals surface area contributed by atoms with Crippen LogP contribution in [-0.2, 0) is 34.2 Å². The summed E-state index contributed by atoms with van der Waals surface area (Å²) in [6.07, 6.45) is 7.97. The molecule has 7 nitrogen and oxygen atoms in total. The Morgan fingerprint density at radius 3 is 2.82 bits per heavy atom. The summed E-state index contributed by atoms with van der Waals surface area (Å²) in [5.74, 6) is 0.112. The van der Waals surface area contributed by atoms with Gasteiger partial charge in [0.25, 0.3) is 0 Å². The maximum absolute atomic E-state index is 12.7. The van der Waals surface area contributed by atoms with E-state index in [9.17, 15) is 8.42 Å². The number of aryl methyl sites for hydroxylation is 1. The highest BCUT2D eigenvalue weighted by molar-refractivity contribution is 7.91. The Hall–Kier alpha value is -1.77. The van der Waals surface area contributed by atoms with Gasteiger partial charge < -0.3 is 9.30 Å². The van der Waals surface area contributed by atoms with Crippen molar-refractivity contribution >= 4 is 9.84 Å². The number of ether oxygens (including phenoxy) is 1. The Morgan fingerprint density at radius 2 is 2.14 bits per heavy atom. The van der Waals surface area contributed by atoms with Gasteiger partial charge in [0.05, 0.1) is 30.3 Å². The Kier molecular flexibility index (Phi) is 6.85. The van der Waals surface area contributed by atoms with Crippen LogP contribution in [0.5, 0.6) is 0 Å². The predicted molar refractivity (Wildman–Crippen MR) is 108 cm³/mol. The first-order valence-electron chi connectivity index (χ1n) is 9.87. The van der Waals surface area contributed by atoms with Crippen molar-refractivity contribution in [2.75, 3.05) is 19.4 Å². The molecule has 8 heteroatoms. The fourth-order valence-electron chi connectivity index (χ4n) is 3.62. The molecule has 3 heterocycles. The first-order chi connectivity index (χ1) is 13.4. The molecule has 1 unspecified atom stereocenters. The van der Waals surface area contributed by atoms with Crippen molar-refractivity contribution in [2.45, 2.75) is 64.0 Å². The number of aromatic nitrogens is 3. The average molecular weight is 407 g/mol. The summed E-state index contributed by atoms with van der Waals surface area (Å²) in [5.41, 5.74) is 3.26. The van der Waals surface area contributed by atoms with E-state index < -0.39 is 9.84 Å². The predicted octanol–water partition coefficient (Wildman–Crippen LogP) is 2.58. The summed E-state index contributed by atoms with van der Waals surface area (Å²) >= 11 is 0. The quantitative estimate of drug-likeness (QED) is 0.637. The molecule has 1 aliphatic rings. The van der Waals surface area contributed by atoms with Crippen molar-refractivity contribution < 1.29 is 13.2 Å². The number of sulfone groups is 1. The summed E-state index contributed by atoms with van der Waals surface area (Å²) in [7, 11) is -1.36. The van der Waals surface area contributed by atoms with E-state index in [-0.39, 0.29) is 17.0 Å². The standard InChI is InChI=1S/C20H30N4O3S/c1-4-10-28(25,26)20-22-12-18(24(20)15-19-6-5-9-27-19)14-23(3)13-17-7-8-21-11-16(17)2/h7-8,11-12,19H,4-6,9-10,13-15H2,1-3H3. The minimum atomic E-state index is -3.39. The van der Waals surface area contributed by atoms with Crippen molar-refractivity contribution in [2.24, 2.45) is 0 Å². The monoisotopic (exact) mass is 406 g/mol. The van der Waals surface area contributed by atoms with E-state index in [1.807, 2.05) is 37.7 Å². The van der Waals surface area contributed by atoms with Crippen LogP contribution in [0.4, 0.5) is 0 Å². The molecule has 1 saturated heterocycles. The normalized spacial score (nSPS) is 17.5. The van der Waals surface area contributed by atoms with E-state index in [2.05, 4.69) is 14.9 Å². The number of rotatable bonds is 9. The highest BCUT2D eigenvalue weighted by Crippen LogP contribution is 2.21. The highest BCUT2D eigenvalue weighted by Gasteiger charge is 2.26. The van der Waals surface area contributed by atoms with Gasteiger partial charge in [-0.2, -0.15) is 0 Å². The molecule has 0 radical (unpaired) electrons. The van der Waals surface area contributed by atoms with Crippen molar-refractivity contribution in [1.29, 1.82) is 0 Å². The Balaban J connectivity index is 1.83. The Morgan fingerprint density at radius 1 is 1.32 bits per heavy atom. The van der Waals surface area contributed by atoms with E-state index in [1.54, 1.807) is 12.4 Å². The molecule has 0 saturated carbocycles. The van der Waals surface area contributed by atoms with Crippen LogP contribution in [0.15, 0.2) is 29.8 Å². The van der Waals surface area contributed by atoms with Crippen LogP contribution < -0.4 is 0 Å². The van der Waals surface area contributed by atoms with Gasteiger partial charge in [0.2, 0.25) is 15.0 Å². The maximum atomic E-state index is 12.7. The lowest BCUT2D eigenvalue weighted by Crippen LogP contribution is -2.25. The second-order valence-electron chi connectivity index (χ2n) is 7.57. The van der Waals surface area contributed by atoms with Gasteiger partial charge in [-0.05, 0) is 50.4 Å². The fraction of sp³-hybridized carbons (Fsp3) is 0.600. The van der Waals surface area contributed by atoms with Gasteiger partial charge >= 0.3 is 0 Å². The van der Waals surface area contributed by atoms with E-state index >= 15 is 0 Å². The van der Waals surface area contributed by atoms with Gasteiger partial charge in [0.15, 0.2) is 0 Å². The molecule has 0 N–H and O–H groups in total. The largest absolute Gasteiger partial charge is 0.376 e. The first kappa shape index (κ1) is 21.0. The van der Waals surface area contributed by atoms with Gasteiger partial charge in [-0.1, -0.05) is 6.92 Å². The van der Waals surface area contributed by atoms with Crippen molar-refractivity contribution in [3.8, 4) is 0 Å². The van der Waals surface area contributed by atoms with E-state index in [4.69, 9.17) is 4.74 Å². The van der Waals surface area contributed by atoms with Crippen LogP contribution in [0.1, 0.15) is 43.0 Å². The molecule has 1 aliphatic heterocycles. The molecular weight excluding hydrogens is 376 g/mol. The van der Waals surface area contributed by atoms with Gasteiger partial charge in [-0.15, -0.1) is 0 Å². The lowest BCUT2D eigenvalue weighted by atomic mass is 10.1. The number of pyridine rings is 1. The third-order valence-electron chi connectivity index (χ3n) is 5.07. The minimum absolute atomic E-state index is 0.0521. The van der Waals surface area contributed by atoms with Crippen molar-refractivity contribution in [3.63, 3.8) is 0 Å². The zero-order valence-corrected chi connectivity index (χ0v) is 17.8. The zero-order valence-electron chi connectivity index (χ0n) is 17.0. The third kappa shape index (κ3) is 4.98.